The highest BCUT2D eigenvalue weighted by Crippen LogP contribution is 2.04. The first-order valence-electron chi connectivity index (χ1n) is 3.22. The lowest BCUT2D eigenvalue weighted by Gasteiger charge is -1.91. The zero-order valence-corrected chi connectivity index (χ0v) is 6.58. The first kappa shape index (κ1) is 8.02. The molecule has 1 nitrogen and oxygen atoms in total. The normalized spacial score (nSPS) is 29.0. The van der Waals surface area contributed by atoms with Gasteiger partial charge in [0, 0.05) is 5.57 Å². The smallest absolute Gasteiger partial charge is 0.252 e. The zero-order valence-electron chi connectivity index (χ0n) is 5.83. The molecule has 0 heterocycles. The van der Waals surface area contributed by atoms with Crippen LogP contribution >= 0.6 is 11.6 Å². The van der Waals surface area contributed by atoms with Gasteiger partial charge in [0.25, 0.3) is 5.24 Å². The monoisotopic (exact) mass is 166 g/mol. The van der Waals surface area contributed by atoms with E-state index in [2.05, 4.69) is 0 Å². The van der Waals surface area contributed by atoms with Crippen LogP contribution in [0.2, 0.25) is 0 Å². The van der Waals surface area contributed by atoms with Gasteiger partial charge in [0.15, 0.2) is 0 Å². The molecule has 0 aliphatic heterocycles. The SMILES string of the molecule is O=C(Cl)C1=C/C=C\C=C/C=C\1. The molecule has 0 amide bonds. The van der Waals surface area contributed by atoms with Crippen LogP contribution in [-0.4, -0.2) is 5.24 Å². The molecule has 0 fully saturated rings. The molecule has 0 radical (unpaired) electrons. The number of carbonyl (C=O) groups excluding carboxylic acids is 1. The standard InChI is InChI=1S/C9H7ClO/c10-9(11)8-6-4-2-1-3-5-7-8/h1-7H/b2-1-,3-1?,4-2?,5-3-,6-4-,7-5?,8-6?,8-7+. The van der Waals surface area contributed by atoms with Crippen LogP contribution in [0.3, 0.4) is 0 Å². The van der Waals surface area contributed by atoms with E-state index < -0.39 is 5.24 Å². The van der Waals surface area contributed by atoms with Crippen molar-refractivity contribution in [1.82, 2.24) is 0 Å². The van der Waals surface area contributed by atoms with Crippen LogP contribution in [0.1, 0.15) is 0 Å². The average Bonchev–Trinajstić information content (AvgIpc) is 1.84. The van der Waals surface area contributed by atoms with E-state index in [1.165, 1.54) is 0 Å². The molecule has 2 heteroatoms. The van der Waals surface area contributed by atoms with Crippen molar-refractivity contribution in [3.8, 4) is 0 Å². The van der Waals surface area contributed by atoms with Crippen molar-refractivity contribution in [3.63, 3.8) is 0 Å². The lowest BCUT2D eigenvalue weighted by Crippen LogP contribution is -1.88. The second kappa shape index (κ2) is 3.94. The van der Waals surface area contributed by atoms with Crippen LogP contribution in [0.25, 0.3) is 0 Å². The molecule has 0 bridgehead atoms. The van der Waals surface area contributed by atoms with Crippen LogP contribution in [0.4, 0.5) is 0 Å². The van der Waals surface area contributed by atoms with Gasteiger partial charge in [-0.25, -0.2) is 0 Å². The molecule has 0 aromatic rings. The lowest BCUT2D eigenvalue weighted by atomic mass is 10.2. The Labute approximate surface area is 70.4 Å². The van der Waals surface area contributed by atoms with Gasteiger partial charge >= 0.3 is 0 Å². The van der Waals surface area contributed by atoms with E-state index in [9.17, 15) is 4.79 Å². The summed E-state index contributed by atoms with van der Waals surface area (Å²) in [6.07, 6.45) is 12.4. The Balaban J connectivity index is 2.87. The van der Waals surface area contributed by atoms with E-state index in [0.29, 0.717) is 5.57 Å². The molecule has 1 aliphatic rings. The molecule has 56 valence electrons. The molecule has 0 saturated heterocycles. The van der Waals surface area contributed by atoms with Crippen LogP contribution in [0, 0.1) is 0 Å². The number of allylic oxidation sites excluding steroid dienone is 8. The van der Waals surface area contributed by atoms with Gasteiger partial charge in [-0.3, -0.25) is 4.79 Å². The van der Waals surface area contributed by atoms with E-state index in [0.717, 1.165) is 0 Å². The topological polar surface area (TPSA) is 17.1 Å². The minimum absolute atomic E-state index is 0.429. The molecule has 0 N–H and O–H groups in total. The van der Waals surface area contributed by atoms with Gasteiger partial charge in [-0.1, -0.05) is 42.5 Å². The summed E-state index contributed by atoms with van der Waals surface area (Å²) in [5.74, 6) is 0. The van der Waals surface area contributed by atoms with Gasteiger partial charge in [-0.15, -0.1) is 0 Å². The molecule has 0 aromatic carbocycles. The van der Waals surface area contributed by atoms with Crippen molar-refractivity contribution < 1.29 is 4.79 Å². The van der Waals surface area contributed by atoms with Crippen molar-refractivity contribution in [1.29, 1.82) is 0 Å². The van der Waals surface area contributed by atoms with Crippen molar-refractivity contribution >= 4 is 16.8 Å². The zero-order chi connectivity index (χ0) is 8.10. The third kappa shape index (κ3) is 2.56. The maximum atomic E-state index is 10.7. The van der Waals surface area contributed by atoms with Crippen molar-refractivity contribution in [3.05, 3.63) is 48.1 Å². The molecule has 1 rings (SSSR count). The lowest BCUT2D eigenvalue weighted by molar-refractivity contribution is -0.108. The summed E-state index contributed by atoms with van der Waals surface area (Å²) in [6.45, 7) is 0. The quantitative estimate of drug-likeness (QED) is 0.547. The molecule has 0 aromatic heterocycles. The fourth-order valence-electron chi connectivity index (χ4n) is 0.697. The summed E-state index contributed by atoms with van der Waals surface area (Å²) in [5, 5.41) is -0.429. The average molecular weight is 167 g/mol. The fourth-order valence-corrected chi connectivity index (χ4v) is 0.823. The third-order valence-corrected chi connectivity index (χ3v) is 1.44. The molecule has 0 unspecified atom stereocenters. The Morgan fingerprint density at radius 3 is 2.45 bits per heavy atom. The minimum Gasteiger partial charge on any atom is -0.276 e. The van der Waals surface area contributed by atoms with E-state index in [1.54, 1.807) is 24.3 Å². The molecular weight excluding hydrogens is 160 g/mol. The maximum absolute atomic E-state index is 10.7. The van der Waals surface area contributed by atoms with Crippen molar-refractivity contribution in [2.75, 3.05) is 0 Å². The molecule has 11 heavy (non-hydrogen) atoms. The van der Waals surface area contributed by atoms with Gasteiger partial charge < -0.3 is 0 Å². The van der Waals surface area contributed by atoms with Gasteiger partial charge in [0.1, 0.15) is 0 Å². The predicted molar refractivity (Wildman–Crippen MR) is 46.4 cm³/mol. The Hall–Kier alpha value is -1.08. The van der Waals surface area contributed by atoms with Gasteiger partial charge in [-0.2, -0.15) is 0 Å². The predicted octanol–water partition coefficient (Wildman–Crippen LogP) is 2.36. The number of rotatable bonds is 1. The number of halogens is 1. The minimum atomic E-state index is -0.429. The summed E-state index contributed by atoms with van der Waals surface area (Å²) in [6, 6.07) is 0. The summed E-state index contributed by atoms with van der Waals surface area (Å²) >= 11 is 5.27. The fraction of sp³-hybridized carbons (Fsp3) is 0. The van der Waals surface area contributed by atoms with E-state index >= 15 is 0 Å². The highest BCUT2D eigenvalue weighted by atomic mass is 35.5. The molecule has 0 spiro atoms. The summed E-state index contributed by atoms with van der Waals surface area (Å²) < 4.78 is 0. The molecule has 0 atom stereocenters. The summed E-state index contributed by atoms with van der Waals surface area (Å²) in [4.78, 5) is 10.7. The number of hydrogen-bond donors (Lipinski definition) is 0. The molecule has 0 saturated carbocycles. The number of carbonyl (C=O) groups is 1. The van der Waals surface area contributed by atoms with Gasteiger partial charge in [0.05, 0.1) is 0 Å². The summed E-state index contributed by atoms with van der Waals surface area (Å²) in [7, 11) is 0. The van der Waals surface area contributed by atoms with Crippen LogP contribution < -0.4 is 0 Å². The maximum Gasteiger partial charge on any atom is 0.252 e. The Morgan fingerprint density at radius 1 is 1.09 bits per heavy atom. The van der Waals surface area contributed by atoms with E-state index in [4.69, 9.17) is 11.6 Å². The van der Waals surface area contributed by atoms with E-state index in [1.807, 2.05) is 18.2 Å². The van der Waals surface area contributed by atoms with Crippen molar-refractivity contribution in [2.45, 2.75) is 0 Å². The Kier molecular flexibility index (Phi) is 2.87. The van der Waals surface area contributed by atoms with Gasteiger partial charge in [0.2, 0.25) is 0 Å². The highest BCUT2D eigenvalue weighted by molar-refractivity contribution is 6.68. The van der Waals surface area contributed by atoms with E-state index in [-0.39, 0.29) is 0 Å². The van der Waals surface area contributed by atoms with Gasteiger partial charge in [-0.05, 0) is 11.6 Å². The van der Waals surface area contributed by atoms with Crippen LogP contribution in [-0.2, 0) is 4.79 Å². The largest absolute Gasteiger partial charge is 0.276 e. The number of hydrogen-bond acceptors (Lipinski definition) is 1. The Bertz CT molecular complexity index is 269. The van der Waals surface area contributed by atoms with Crippen LogP contribution in [0.5, 0.6) is 0 Å². The third-order valence-electron chi connectivity index (χ3n) is 1.22. The highest BCUT2D eigenvalue weighted by Gasteiger charge is 1.98. The molecule has 1 aliphatic carbocycles. The van der Waals surface area contributed by atoms with Crippen molar-refractivity contribution in [2.24, 2.45) is 0 Å². The van der Waals surface area contributed by atoms with Crippen LogP contribution in [0.15, 0.2) is 48.1 Å². The second-order valence-corrected chi connectivity index (χ2v) is 2.37. The first-order valence-corrected chi connectivity index (χ1v) is 3.60. The second-order valence-electron chi connectivity index (χ2n) is 2.02. The first-order chi connectivity index (χ1) is 5.30. The summed E-state index contributed by atoms with van der Waals surface area (Å²) in [5.41, 5.74) is 0.507. The molecular formula is C9H7ClO. The Morgan fingerprint density at radius 2 is 1.73 bits per heavy atom.